The zero-order valence-electron chi connectivity index (χ0n) is 11.7. The molecule has 5 nitrogen and oxygen atoms in total. The number of halogens is 1. The maximum Gasteiger partial charge on any atom is 0.174 e. The average molecular weight is 292 g/mol. The molecule has 1 aromatic carbocycles. The topological polar surface area (TPSA) is 46.0 Å². The third-order valence-electron chi connectivity index (χ3n) is 3.72. The number of aromatic nitrogens is 3. The molecule has 0 radical (unpaired) electrons. The van der Waals surface area contributed by atoms with Crippen molar-refractivity contribution in [3.8, 4) is 5.69 Å². The van der Waals surface area contributed by atoms with Gasteiger partial charge in [-0.2, -0.15) is 0 Å². The van der Waals surface area contributed by atoms with Gasteiger partial charge in [0.25, 0.3) is 0 Å². The Balaban J connectivity index is 2.12. The lowest BCUT2D eigenvalue weighted by atomic mass is 10.1. The molecule has 0 amide bonds. The molecule has 1 N–H and O–H groups in total. The van der Waals surface area contributed by atoms with Crippen LogP contribution in [0.15, 0.2) is 18.2 Å². The summed E-state index contributed by atoms with van der Waals surface area (Å²) in [5.41, 5.74) is 3.11. The van der Waals surface area contributed by atoms with Gasteiger partial charge in [-0.1, -0.05) is 16.8 Å². The summed E-state index contributed by atoms with van der Waals surface area (Å²) in [5, 5.41) is 12.6. The van der Waals surface area contributed by atoms with Gasteiger partial charge in [0.15, 0.2) is 5.82 Å². The number of benzene rings is 1. The Bertz CT molecular complexity index is 622. The van der Waals surface area contributed by atoms with Crippen molar-refractivity contribution in [1.82, 2.24) is 15.0 Å². The minimum absolute atomic E-state index is 0.700. The summed E-state index contributed by atoms with van der Waals surface area (Å²) in [5.74, 6) is 1.00. The molecule has 6 heteroatoms. The minimum atomic E-state index is 0.700. The SMILES string of the molecule is CCN1CCCc2c1nnn2-c1cc(Cl)ccc1NC. The molecular weight excluding hydrogens is 274 g/mol. The summed E-state index contributed by atoms with van der Waals surface area (Å²) in [7, 11) is 1.90. The molecule has 1 aliphatic heterocycles. The van der Waals surface area contributed by atoms with Crippen LogP contribution in [0.5, 0.6) is 0 Å². The van der Waals surface area contributed by atoms with Gasteiger partial charge in [-0.15, -0.1) is 5.10 Å². The standard InChI is InChI=1S/C14H18ClN5/c1-3-19-8-4-5-12-14(19)17-18-20(12)13-9-10(15)6-7-11(13)16-2/h6-7,9,16H,3-5,8H2,1-2H3. The van der Waals surface area contributed by atoms with Crippen LogP contribution >= 0.6 is 11.6 Å². The van der Waals surface area contributed by atoms with Crippen LogP contribution < -0.4 is 10.2 Å². The molecule has 0 atom stereocenters. The highest BCUT2D eigenvalue weighted by molar-refractivity contribution is 6.30. The fraction of sp³-hybridized carbons (Fsp3) is 0.429. The van der Waals surface area contributed by atoms with Crippen LogP contribution in [0, 0.1) is 0 Å². The zero-order valence-corrected chi connectivity index (χ0v) is 12.5. The predicted octanol–water partition coefficient (Wildman–Crippen LogP) is 2.73. The Labute approximate surface area is 123 Å². The second-order valence-corrected chi connectivity index (χ2v) is 5.30. The minimum Gasteiger partial charge on any atom is -0.386 e. The maximum absolute atomic E-state index is 6.13. The highest BCUT2D eigenvalue weighted by atomic mass is 35.5. The molecule has 1 aliphatic rings. The van der Waals surface area contributed by atoms with Crippen LogP contribution in [0.1, 0.15) is 19.0 Å². The van der Waals surface area contributed by atoms with Gasteiger partial charge in [-0.3, -0.25) is 0 Å². The summed E-state index contributed by atoms with van der Waals surface area (Å²) in [6.07, 6.45) is 2.12. The molecule has 3 rings (SSSR count). The molecule has 0 saturated carbocycles. The van der Waals surface area contributed by atoms with Crippen LogP contribution in [-0.4, -0.2) is 35.1 Å². The van der Waals surface area contributed by atoms with Gasteiger partial charge in [0, 0.05) is 25.2 Å². The van der Waals surface area contributed by atoms with E-state index in [1.165, 1.54) is 0 Å². The average Bonchev–Trinajstić information content (AvgIpc) is 2.90. The predicted molar refractivity (Wildman–Crippen MR) is 82.1 cm³/mol. The van der Waals surface area contributed by atoms with Crippen molar-refractivity contribution in [2.75, 3.05) is 30.4 Å². The molecule has 0 spiro atoms. The fourth-order valence-corrected chi connectivity index (χ4v) is 2.86. The van der Waals surface area contributed by atoms with E-state index in [4.69, 9.17) is 11.6 Å². The molecule has 0 bridgehead atoms. The maximum atomic E-state index is 6.13. The van der Waals surface area contributed by atoms with Crippen molar-refractivity contribution in [3.05, 3.63) is 28.9 Å². The molecule has 0 aliphatic carbocycles. The fourth-order valence-electron chi connectivity index (χ4n) is 2.69. The highest BCUT2D eigenvalue weighted by Gasteiger charge is 2.23. The van der Waals surface area contributed by atoms with Gasteiger partial charge in [0.2, 0.25) is 0 Å². The van der Waals surface area contributed by atoms with E-state index in [9.17, 15) is 0 Å². The van der Waals surface area contributed by atoms with E-state index in [1.54, 1.807) is 0 Å². The number of anilines is 2. The molecule has 106 valence electrons. The lowest BCUT2D eigenvalue weighted by Crippen LogP contribution is -2.29. The normalized spacial score (nSPS) is 14.2. The van der Waals surface area contributed by atoms with Crippen LogP contribution in [-0.2, 0) is 6.42 Å². The number of nitrogens with one attached hydrogen (secondary N) is 1. The van der Waals surface area contributed by atoms with E-state index in [0.29, 0.717) is 5.02 Å². The van der Waals surface area contributed by atoms with Crippen molar-refractivity contribution >= 4 is 23.1 Å². The Hall–Kier alpha value is -1.75. The summed E-state index contributed by atoms with van der Waals surface area (Å²) in [6, 6.07) is 5.76. The Morgan fingerprint density at radius 3 is 3.00 bits per heavy atom. The Morgan fingerprint density at radius 1 is 1.40 bits per heavy atom. The van der Waals surface area contributed by atoms with Crippen molar-refractivity contribution < 1.29 is 0 Å². The number of hydrogen-bond donors (Lipinski definition) is 1. The molecule has 20 heavy (non-hydrogen) atoms. The summed E-state index contributed by atoms with van der Waals surface area (Å²) < 4.78 is 1.91. The second kappa shape index (κ2) is 5.32. The molecule has 1 aromatic heterocycles. The molecule has 0 unspecified atom stereocenters. The van der Waals surface area contributed by atoms with Crippen LogP contribution in [0.3, 0.4) is 0 Å². The smallest absolute Gasteiger partial charge is 0.174 e. The third kappa shape index (κ3) is 2.12. The van der Waals surface area contributed by atoms with E-state index in [1.807, 2.05) is 29.9 Å². The van der Waals surface area contributed by atoms with E-state index in [2.05, 4.69) is 27.5 Å². The van der Waals surface area contributed by atoms with Crippen molar-refractivity contribution in [2.24, 2.45) is 0 Å². The van der Waals surface area contributed by atoms with E-state index in [0.717, 1.165) is 48.8 Å². The summed E-state index contributed by atoms with van der Waals surface area (Å²) in [6.45, 7) is 4.16. The first kappa shape index (κ1) is 13.2. The number of nitrogens with zero attached hydrogens (tertiary/aromatic N) is 4. The van der Waals surface area contributed by atoms with Gasteiger partial charge in [-0.05, 0) is 38.0 Å². The summed E-state index contributed by atoms with van der Waals surface area (Å²) in [4.78, 5) is 2.27. The lowest BCUT2D eigenvalue weighted by molar-refractivity contribution is 0.676. The largest absolute Gasteiger partial charge is 0.386 e. The van der Waals surface area contributed by atoms with Gasteiger partial charge >= 0.3 is 0 Å². The van der Waals surface area contributed by atoms with E-state index in [-0.39, 0.29) is 0 Å². The highest BCUT2D eigenvalue weighted by Crippen LogP contribution is 2.30. The monoisotopic (exact) mass is 291 g/mol. The zero-order chi connectivity index (χ0) is 14.1. The van der Waals surface area contributed by atoms with Crippen LogP contribution in [0.25, 0.3) is 5.69 Å². The number of rotatable bonds is 3. The third-order valence-corrected chi connectivity index (χ3v) is 3.96. The molecule has 2 heterocycles. The number of hydrogen-bond acceptors (Lipinski definition) is 4. The summed E-state index contributed by atoms with van der Waals surface area (Å²) >= 11 is 6.13. The molecular formula is C14H18ClN5. The molecule has 0 saturated heterocycles. The van der Waals surface area contributed by atoms with Crippen molar-refractivity contribution in [3.63, 3.8) is 0 Å². The molecule has 2 aromatic rings. The Kier molecular flexibility index (Phi) is 3.53. The van der Waals surface area contributed by atoms with E-state index >= 15 is 0 Å². The Morgan fingerprint density at radius 2 is 2.25 bits per heavy atom. The van der Waals surface area contributed by atoms with Crippen molar-refractivity contribution in [2.45, 2.75) is 19.8 Å². The lowest BCUT2D eigenvalue weighted by Gasteiger charge is -2.26. The second-order valence-electron chi connectivity index (χ2n) is 4.87. The van der Waals surface area contributed by atoms with Gasteiger partial charge in [-0.25, -0.2) is 4.68 Å². The van der Waals surface area contributed by atoms with Crippen molar-refractivity contribution in [1.29, 1.82) is 0 Å². The van der Waals surface area contributed by atoms with Gasteiger partial charge in [0.05, 0.1) is 17.1 Å². The first-order chi connectivity index (χ1) is 9.74. The quantitative estimate of drug-likeness (QED) is 0.944. The first-order valence-electron chi connectivity index (χ1n) is 6.91. The number of fused-ring (bicyclic) bond motifs is 1. The van der Waals surface area contributed by atoms with Gasteiger partial charge in [0.1, 0.15) is 0 Å². The molecule has 0 fully saturated rings. The van der Waals surface area contributed by atoms with E-state index < -0.39 is 0 Å². The van der Waals surface area contributed by atoms with Crippen LogP contribution in [0.4, 0.5) is 11.5 Å². The first-order valence-corrected chi connectivity index (χ1v) is 7.29. The van der Waals surface area contributed by atoms with Crippen LogP contribution in [0.2, 0.25) is 5.02 Å². The van der Waals surface area contributed by atoms with Gasteiger partial charge < -0.3 is 10.2 Å².